The molecule has 0 fully saturated rings. The lowest BCUT2D eigenvalue weighted by atomic mass is 10.0. The minimum absolute atomic E-state index is 0.231. The highest BCUT2D eigenvalue weighted by atomic mass is 16.2. The molecule has 0 saturated carbocycles. The van der Waals surface area contributed by atoms with E-state index in [4.69, 9.17) is 5.26 Å². The van der Waals surface area contributed by atoms with Crippen LogP contribution in [0, 0.1) is 11.3 Å². The van der Waals surface area contributed by atoms with Crippen LogP contribution >= 0.6 is 0 Å². The lowest BCUT2D eigenvalue weighted by molar-refractivity contribution is 0.101. The SMILES string of the molecule is N#Cc1ccc(-c2ccc(C(=O)Nc3nc4c(C(=O)Nc5ncc[nH]5)cccc4[nH]3)cc2)cc1. The number of hydrogen-bond acceptors (Lipinski definition) is 5. The predicted molar refractivity (Wildman–Crippen MR) is 127 cm³/mol. The Hall–Kier alpha value is -5.23. The second-order valence-electron chi connectivity index (χ2n) is 7.40. The highest BCUT2D eigenvalue weighted by Crippen LogP contribution is 2.22. The number of nitrogens with one attached hydrogen (secondary N) is 4. The molecule has 0 atom stereocenters. The summed E-state index contributed by atoms with van der Waals surface area (Å²) in [6.07, 6.45) is 3.14. The second kappa shape index (κ2) is 8.72. The maximum Gasteiger partial charge on any atom is 0.260 e. The maximum atomic E-state index is 12.8. The van der Waals surface area contributed by atoms with Crippen molar-refractivity contribution in [2.45, 2.75) is 0 Å². The number of carbonyl (C=O) groups excluding carboxylic acids is 2. The highest BCUT2D eigenvalue weighted by molar-refractivity contribution is 6.11. The summed E-state index contributed by atoms with van der Waals surface area (Å²) < 4.78 is 0. The molecule has 3 aromatic carbocycles. The summed E-state index contributed by atoms with van der Waals surface area (Å²) in [5.41, 5.74) is 4.30. The van der Waals surface area contributed by atoms with Gasteiger partial charge in [-0.05, 0) is 47.5 Å². The molecular weight excluding hydrogens is 430 g/mol. The van der Waals surface area contributed by atoms with Crippen LogP contribution in [0.3, 0.4) is 0 Å². The van der Waals surface area contributed by atoms with Gasteiger partial charge in [0.05, 0.1) is 22.7 Å². The average molecular weight is 447 g/mol. The minimum Gasteiger partial charge on any atom is -0.331 e. The third kappa shape index (κ3) is 4.11. The molecule has 9 heteroatoms. The van der Waals surface area contributed by atoms with Crippen LogP contribution in [0.5, 0.6) is 0 Å². The van der Waals surface area contributed by atoms with Crippen LogP contribution in [-0.4, -0.2) is 31.8 Å². The van der Waals surface area contributed by atoms with Crippen LogP contribution in [0.15, 0.2) is 79.1 Å². The molecule has 0 aliphatic rings. The zero-order valence-corrected chi connectivity index (χ0v) is 17.7. The van der Waals surface area contributed by atoms with Gasteiger partial charge in [0.15, 0.2) is 0 Å². The molecule has 0 aliphatic heterocycles. The maximum absolute atomic E-state index is 12.8. The first kappa shape index (κ1) is 20.7. The van der Waals surface area contributed by atoms with E-state index in [-0.39, 0.29) is 17.8 Å². The van der Waals surface area contributed by atoms with Gasteiger partial charge in [-0.25, -0.2) is 9.97 Å². The first-order valence-corrected chi connectivity index (χ1v) is 10.3. The second-order valence-corrected chi connectivity index (χ2v) is 7.40. The fourth-order valence-electron chi connectivity index (χ4n) is 3.51. The molecule has 5 aromatic rings. The number of amides is 2. The molecule has 0 unspecified atom stereocenters. The van der Waals surface area contributed by atoms with Crippen molar-refractivity contribution in [3.63, 3.8) is 0 Å². The van der Waals surface area contributed by atoms with Crippen LogP contribution in [0.1, 0.15) is 26.3 Å². The summed E-state index contributed by atoms with van der Waals surface area (Å²) in [5, 5.41) is 14.3. The highest BCUT2D eigenvalue weighted by Gasteiger charge is 2.16. The van der Waals surface area contributed by atoms with Crippen molar-refractivity contribution in [2.24, 2.45) is 0 Å². The molecule has 2 heterocycles. The number of benzene rings is 3. The molecule has 164 valence electrons. The Balaban J connectivity index is 1.33. The van der Waals surface area contributed by atoms with Gasteiger partial charge in [-0.1, -0.05) is 30.3 Å². The van der Waals surface area contributed by atoms with Crippen molar-refractivity contribution in [3.05, 3.63) is 95.8 Å². The van der Waals surface area contributed by atoms with Crippen molar-refractivity contribution in [1.82, 2.24) is 19.9 Å². The van der Waals surface area contributed by atoms with Crippen molar-refractivity contribution in [2.75, 3.05) is 10.6 Å². The molecule has 2 aromatic heterocycles. The van der Waals surface area contributed by atoms with E-state index in [1.165, 1.54) is 6.20 Å². The van der Waals surface area contributed by atoms with Crippen molar-refractivity contribution in [1.29, 1.82) is 5.26 Å². The van der Waals surface area contributed by atoms with Gasteiger partial charge in [-0.15, -0.1) is 0 Å². The minimum atomic E-state index is -0.372. The number of rotatable bonds is 5. The van der Waals surface area contributed by atoms with E-state index in [9.17, 15) is 9.59 Å². The molecule has 34 heavy (non-hydrogen) atoms. The van der Waals surface area contributed by atoms with Gasteiger partial charge in [-0.3, -0.25) is 20.2 Å². The number of imidazole rings is 2. The summed E-state index contributed by atoms with van der Waals surface area (Å²) in [7, 11) is 0. The molecule has 4 N–H and O–H groups in total. The van der Waals surface area contributed by atoms with Gasteiger partial charge in [-0.2, -0.15) is 5.26 Å². The van der Waals surface area contributed by atoms with Crippen molar-refractivity contribution >= 4 is 34.7 Å². The molecule has 9 nitrogen and oxygen atoms in total. The van der Waals surface area contributed by atoms with Crippen molar-refractivity contribution in [3.8, 4) is 17.2 Å². The smallest absolute Gasteiger partial charge is 0.260 e. The third-order valence-corrected chi connectivity index (χ3v) is 5.21. The first-order valence-electron chi connectivity index (χ1n) is 10.3. The Bertz CT molecular complexity index is 1530. The van der Waals surface area contributed by atoms with E-state index in [2.05, 4.69) is 36.6 Å². The van der Waals surface area contributed by atoms with E-state index in [1.54, 1.807) is 48.7 Å². The van der Waals surface area contributed by atoms with Crippen LogP contribution in [0.2, 0.25) is 0 Å². The predicted octanol–water partition coefficient (Wildman–Crippen LogP) is 4.33. The third-order valence-electron chi connectivity index (χ3n) is 5.21. The topological polar surface area (TPSA) is 139 Å². The Morgan fingerprint density at radius 2 is 1.56 bits per heavy atom. The number of aromatic nitrogens is 4. The van der Waals surface area contributed by atoms with E-state index in [0.717, 1.165) is 11.1 Å². The van der Waals surface area contributed by atoms with Gasteiger partial charge in [0.1, 0.15) is 5.52 Å². The fraction of sp³-hybridized carbons (Fsp3) is 0. The summed E-state index contributed by atoms with van der Waals surface area (Å²) in [6.45, 7) is 0. The Kier molecular flexibility index (Phi) is 5.30. The number of nitrogens with zero attached hydrogens (tertiary/aromatic N) is 3. The first-order chi connectivity index (χ1) is 16.6. The van der Waals surface area contributed by atoms with Gasteiger partial charge in [0.2, 0.25) is 11.9 Å². The molecular formula is C25H17N7O2. The number of nitriles is 1. The normalized spacial score (nSPS) is 10.6. The Labute approximate surface area is 193 Å². The lowest BCUT2D eigenvalue weighted by Gasteiger charge is -2.05. The van der Waals surface area contributed by atoms with Gasteiger partial charge >= 0.3 is 0 Å². The lowest BCUT2D eigenvalue weighted by Crippen LogP contribution is -2.14. The monoisotopic (exact) mass is 447 g/mol. The molecule has 0 bridgehead atoms. The molecule has 0 saturated heterocycles. The summed E-state index contributed by atoms with van der Waals surface area (Å²) in [4.78, 5) is 39.6. The molecule has 0 spiro atoms. The van der Waals surface area contributed by atoms with Crippen LogP contribution in [-0.2, 0) is 0 Å². The van der Waals surface area contributed by atoms with Crippen LogP contribution in [0.25, 0.3) is 22.2 Å². The molecule has 0 radical (unpaired) electrons. The number of H-pyrrole nitrogens is 2. The molecule has 5 rings (SSSR count). The summed E-state index contributed by atoms with van der Waals surface area (Å²) in [5.74, 6) is -0.153. The van der Waals surface area contributed by atoms with Crippen LogP contribution in [0.4, 0.5) is 11.9 Å². The average Bonchev–Trinajstić information content (AvgIpc) is 3.53. The number of aromatic amines is 2. The standard InChI is InChI=1S/C25H17N7O2/c26-14-15-4-6-16(7-5-15)17-8-10-18(11-9-17)22(33)31-25-29-20-3-1-2-19(21(20)30-25)23(34)32-24-27-12-13-28-24/h1-13H,(H2,27,28,32,34)(H2,29,30,31,33). The number of anilines is 2. The van der Waals surface area contributed by atoms with Gasteiger partial charge in [0.25, 0.3) is 11.8 Å². The van der Waals surface area contributed by atoms with Gasteiger partial charge in [0, 0.05) is 18.0 Å². The van der Waals surface area contributed by atoms with Crippen LogP contribution < -0.4 is 10.6 Å². The van der Waals surface area contributed by atoms with E-state index in [1.807, 2.05) is 24.3 Å². The largest absolute Gasteiger partial charge is 0.331 e. The Morgan fingerprint density at radius 1 is 0.853 bits per heavy atom. The van der Waals surface area contributed by atoms with E-state index < -0.39 is 0 Å². The number of hydrogen-bond donors (Lipinski definition) is 4. The molecule has 0 aliphatic carbocycles. The number of fused-ring (bicyclic) bond motifs is 1. The zero-order valence-electron chi connectivity index (χ0n) is 17.7. The van der Waals surface area contributed by atoms with E-state index in [0.29, 0.717) is 33.7 Å². The summed E-state index contributed by atoms with van der Waals surface area (Å²) >= 11 is 0. The van der Waals surface area contributed by atoms with E-state index >= 15 is 0 Å². The van der Waals surface area contributed by atoms with Crippen molar-refractivity contribution < 1.29 is 9.59 Å². The Morgan fingerprint density at radius 3 is 2.24 bits per heavy atom. The zero-order chi connectivity index (χ0) is 23.5. The number of para-hydroxylation sites is 1. The summed E-state index contributed by atoms with van der Waals surface area (Å²) in [6, 6.07) is 21.6. The number of carbonyl (C=O) groups is 2. The quantitative estimate of drug-likeness (QED) is 0.318. The molecule has 2 amide bonds. The fourth-order valence-corrected chi connectivity index (χ4v) is 3.51. The van der Waals surface area contributed by atoms with Gasteiger partial charge < -0.3 is 9.97 Å².